The van der Waals surface area contributed by atoms with Gasteiger partial charge in [0.15, 0.2) is 6.61 Å². The first-order chi connectivity index (χ1) is 16.9. The first-order valence-electron chi connectivity index (χ1n) is 12.4. The minimum atomic E-state index is -0.576. The molecular weight excluding hydrogens is 444 g/mol. The lowest BCUT2D eigenvalue weighted by atomic mass is 9.95. The number of carbonyl (C=O) groups is 2. The molecule has 3 rings (SSSR count). The van der Waals surface area contributed by atoms with E-state index in [1.54, 1.807) is 37.3 Å². The second-order valence-corrected chi connectivity index (χ2v) is 9.05. The van der Waals surface area contributed by atoms with Gasteiger partial charge in [0.05, 0.1) is 14.2 Å². The summed E-state index contributed by atoms with van der Waals surface area (Å²) < 4.78 is 16.4. The summed E-state index contributed by atoms with van der Waals surface area (Å²) in [5.41, 5.74) is 2.08. The van der Waals surface area contributed by atoms with Gasteiger partial charge in [-0.2, -0.15) is 0 Å². The van der Waals surface area contributed by atoms with E-state index < -0.39 is 6.04 Å². The Morgan fingerprint density at radius 2 is 1.63 bits per heavy atom. The Hall–Kier alpha value is -3.22. The molecule has 0 spiro atoms. The number of amides is 2. The van der Waals surface area contributed by atoms with E-state index in [-0.39, 0.29) is 24.5 Å². The third kappa shape index (κ3) is 7.38. The molecule has 1 aliphatic rings. The van der Waals surface area contributed by atoms with E-state index >= 15 is 0 Å². The molecule has 7 heteroatoms. The zero-order valence-electron chi connectivity index (χ0n) is 21.3. The number of carbonyl (C=O) groups excluding carboxylic acids is 2. The van der Waals surface area contributed by atoms with Crippen LogP contribution in [0.2, 0.25) is 0 Å². The van der Waals surface area contributed by atoms with Crippen LogP contribution in [-0.4, -0.2) is 49.6 Å². The number of hydrogen-bond acceptors (Lipinski definition) is 5. The third-order valence-corrected chi connectivity index (χ3v) is 6.63. The van der Waals surface area contributed by atoms with Crippen LogP contribution in [0.4, 0.5) is 0 Å². The van der Waals surface area contributed by atoms with E-state index in [2.05, 4.69) is 5.32 Å². The standard InChI is InChI=1S/C28H38N2O5/c1-5-26(28(32)29-22-13-7-6-8-14-22)30(18-21-12-10-9-11-20(21)2)27(31)19-35-25-16-23(33-3)15-24(17-25)34-4/h9-12,15-17,22,26H,5-8,13-14,18-19H2,1-4H3,(H,29,32)/t26-/m1/s1. The summed E-state index contributed by atoms with van der Waals surface area (Å²) in [5, 5.41) is 3.20. The predicted molar refractivity (Wildman–Crippen MR) is 136 cm³/mol. The van der Waals surface area contributed by atoms with E-state index in [4.69, 9.17) is 14.2 Å². The maximum atomic E-state index is 13.5. The van der Waals surface area contributed by atoms with Crippen LogP contribution in [0.5, 0.6) is 17.2 Å². The van der Waals surface area contributed by atoms with E-state index in [0.717, 1.165) is 36.8 Å². The Morgan fingerprint density at radius 3 is 2.23 bits per heavy atom. The van der Waals surface area contributed by atoms with Crippen LogP contribution in [0.3, 0.4) is 0 Å². The van der Waals surface area contributed by atoms with Gasteiger partial charge in [-0.1, -0.05) is 50.5 Å². The molecule has 0 radical (unpaired) electrons. The lowest BCUT2D eigenvalue weighted by Crippen LogP contribution is -2.52. The number of hydrogen-bond donors (Lipinski definition) is 1. The van der Waals surface area contributed by atoms with Crippen molar-refractivity contribution in [2.45, 2.75) is 71.0 Å². The summed E-state index contributed by atoms with van der Waals surface area (Å²) in [4.78, 5) is 28.5. The zero-order valence-corrected chi connectivity index (χ0v) is 21.3. The summed E-state index contributed by atoms with van der Waals surface area (Å²) in [5.74, 6) is 1.26. The largest absolute Gasteiger partial charge is 0.496 e. The molecule has 35 heavy (non-hydrogen) atoms. The van der Waals surface area contributed by atoms with Crippen LogP contribution in [0, 0.1) is 6.92 Å². The Labute approximate surface area is 208 Å². The van der Waals surface area contributed by atoms with Gasteiger partial charge >= 0.3 is 0 Å². The smallest absolute Gasteiger partial charge is 0.261 e. The molecule has 1 saturated carbocycles. The molecule has 1 fully saturated rings. The number of benzene rings is 2. The van der Waals surface area contributed by atoms with Crippen molar-refractivity contribution < 1.29 is 23.8 Å². The molecule has 0 saturated heterocycles. The highest BCUT2D eigenvalue weighted by Crippen LogP contribution is 2.27. The Morgan fingerprint density at radius 1 is 1.00 bits per heavy atom. The van der Waals surface area contributed by atoms with Crippen LogP contribution < -0.4 is 19.5 Å². The number of aryl methyl sites for hydroxylation is 1. The van der Waals surface area contributed by atoms with Gasteiger partial charge in [-0.25, -0.2) is 0 Å². The minimum absolute atomic E-state index is 0.0932. The highest BCUT2D eigenvalue weighted by Gasteiger charge is 2.30. The molecule has 190 valence electrons. The van der Waals surface area contributed by atoms with Crippen molar-refractivity contribution >= 4 is 11.8 Å². The van der Waals surface area contributed by atoms with Crippen molar-refractivity contribution in [1.29, 1.82) is 0 Å². The topological polar surface area (TPSA) is 77.1 Å². The fraction of sp³-hybridized carbons (Fsp3) is 0.500. The SMILES string of the molecule is CC[C@H](C(=O)NC1CCCCC1)N(Cc1ccccc1C)C(=O)COc1cc(OC)cc(OC)c1. The van der Waals surface area contributed by atoms with Crippen molar-refractivity contribution in [1.82, 2.24) is 10.2 Å². The Bertz CT molecular complexity index is 965. The monoisotopic (exact) mass is 482 g/mol. The zero-order chi connectivity index (χ0) is 25.2. The van der Waals surface area contributed by atoms with Crippen LogP contribution in [0.15, 0.2) is 42.5 Å². The molecule has 0 aromatic heterocycles. The Balaban J connectivity index is 1.79. The summed E-state index contributed by atoms with van der Waals surface area (Å²) in [7, 11) is 3.12. The normalized spacial score (nSPS) is 14.6. The fourth-order valence-electron chi connectivity index (χ4n) is 4.53. The average Bonchev–Trinajstić information content (AvgIpc) is 2.88. The highest BCUT2D eigenvalue weighted by molar-refractivity contribution is 5.88. The van der Waals surface area contributed by atoms with Gasteiger partial charge in [0, 0.05) is 30.8 Å². The number of ether oxygens (including phenoxy) is 3. The van der Waals surface area contributed by atoms with Crippen molar-refractivity contribution in [3.63, 3.8) is 0 Å². The van der Waals surface area contributed by atoms with Gasteiger partial charge in [0.1, 0.15) is 23.3 Å². The molecule has 7 nitrogen and oxygen atoms in total. The highest BCUT2D eigenvalue weighted by atomic mass is 16.5. The van der Waals surface area contributed by atoms with Gasteiger partial charge in [-0.05, 0) is 37.3 Å². The van der Waals surface area contributed by atoms with Crippen molar-refractivity contribution in [2.75, 3.05) is 20.8 Å². The first kappa shape index (κ1) is 26.4. The van der Waals surface area contributed by atoms with E-state index in [1.807, 2.05) is 38.1 Å². The quantitative estimate of drug-likeness (QED) is 0.505. The second kappa shape index (κ2) is 13.0. The van der Waals surface area contributed by atoms with Crippen molar-refractivity contribution in [2.24, 2.45) is 0 Å². The van der Waals surface area contributed by atoms with Crippen molar-refractivity contribution in [3.8, 4) is 17.2 Å². The molecular formula is C28H38N2O5. The fourth-order valence-corrected chi connectivity index (χ4v) is 4.53. The summed E-state index contributed by atoms with van der Waals surface area (Å²) >= 11 is 0. The number of nitrogens with zero attached hydrogens (tertiary/aromatic N) is 1. The van der Waals surface area contributed by atoms with Crippen LogP contribution in [-0.2, 0) is 16.1 Å². The van der Waals surface area contributed by atoms with Gasteiger partial charge in [0.2, 0.25) is 5.91 Å². The number of nitrogens with one attached hydrogen (secondary N) is 1. The summed E-state index contributed by atoms with van der Waals surface area (Å²) in [6.45, 7) is 4.10. The Kier molecular flexibility index (Phi) is 9.82. The van der Waals surface area contributed by atoms with Crippen LogP contribution in [0.1, 0.15) is 56.6 Å². The second-order valence-electron chi connectivity index (χ2n) is 9.05. The third-order valence-electron chi connectivity index (χ3n) is 6.63. The molecule has 0 heterocycles. The molecule has 0 unspecified atom stereocenters. The molecule has 2 aromatic carbocycles. The van der Waals surface area contributed by atoms with E-state index in [1.165, 1.54) is 6.42 Å². The molecule has 2 amide bonds. The van der Waals surface area contributed by atoms with Crippen LogP contribution in [0.25, 0.3) is 0 Å². The molecule has 0 bridgehead atoms. The molecule has 1 N–H and O–H groups in total. The molecule has 1 atom stereocenters. The molecule has 1 aliphatic carbocycles. The molecule has 2 aromatic rings. The van der Waals surface area contributed by atoms with E-state index in [0.29, 0.717) is 30.2 Å². The lowest BCUT2D eigenvalue weighted by molar-refractivity contribution is -0.143. The minimum Gasteiger partial charge on any atom is -0.496 e. The van der Waals surface area contributed by atoms with Crippen LogP contribution >= 0.6 is 0 Å². The maximum Gasteiger partial charge on any atom is 0.261 e. The first-order valence-corrected chi connectivity index (χ1v) is 12.4. The number of methoxy groups -OCH3 is 2. The summed E-state index contributed by atoms with van der Waals surface area (Å²) in [6.07, 6.45) is 5.98. The molecule has 0 aliphatic heterocycles. The van der Waals surface area contributed by atoms with Gasteiger partial charge in [-0.3, -0.25) is 9.59 Å². The number of rotatable bonds is 11. The summed E-state index contributed by atoms with van der Waals surface area (Å²) in [6, 6.07) is 12.7. The van der Waals surface area contributed by atoms with Gasteiger partial charge < -0.3 is 24.4 Å². The lowest BCUT2D eigenvalue weighted by Gasteiger charge is -2.33. The predicted octanol–water partition coefficient (Wildman–Crippen LogP) is 4.65. The van der Waals surface area contributed by atoms with Gasteiger partial charge in [0.25, 0.3) is 5.91 Å². The van der Waals surface area contributed by atoms with E-state index in [9.17, 15) is 9.59 Å². The van der Waals surface area contributed by atoms with Gasteiger partial charge in [-0.15, -0.1) is 0 Å². The average molecular weight is 483 g/mol. The van der Waals surface area contributed by atoms with Crippen molar-refractivity contribution in [3.05, 3.63) is 53.6 Å². The maximum absolute atomic E-state index is 13.5.